The topological polar surface area (TPSA) is 59.3 Å². The average molecular weight is 352 g/mol. The van der Waals surface area contributed by atoms with Crippen LogP contribution in [0, 0.1) is 0 Å². The number of allylic oxidation sites excluding steroid dienone is 1. The number of rotatable bonds is 5. The molecule has 0 aliphatic carbocycles. The van der Waals surface area contributed by atoms with Crippen molar-refractivity contribution in [1.29, 1.82) is 0 Å². The minimum atomic E-state index is -0.374. The van der Waals surface area contributed by atoms with Gasteiger partial charge in [-0.2, -0.15) is 0 Å². The van der Waals surface area contributed by atoms with Crippen LogP contribution in [0.1, 0.15) is 26.5 Å². The summed E-state index contributed by atoms with van der Waals surface area (Å²) in [4.78, 5) is 24.3. The molecule has 0 aliphatic rings. The summed E-state index contributed by atoms with van der Waals surface area (Å²) < 4.78 is 5.04. The zero-order valence-corrected chi connectivity index (χ0v) is 13.9. The number of hydrogen-bond acceptors (Lipinski definition) is 3. The highest BCUT2D eigenvalue weighted by atomic mass is 35.5. The van der Waals surface area contributed by atoms with Gasteiger partial charge in [-0.3, -0.25) is 9.59 Å². The lowest BCUT2D eigenvalue weighted by Gasteiger charge is -2.04. The number of anilines is 1. The van der Waals surface area contributed by atoms with Crippen molar-refractivity contribution in [1.82, 2.24) is 0 Å². The van der Waals surface area contributed by atoms with Gasteiger partial charge >= 0.3 is 0 Å². The molecule has 0 aliphatic heterocycles. The summed E-state index contributed by atoms with van der Waals surface area (Å²) in [7, 11) is 0. The third-order valence-electron chi connectivity index (χ3n) is 3.47. The molecule has 124 valence electrons. The number of hydrogen-bond donors (Lipinski definition) is 1. The molecule has 2 aromatic carbocycles. The lowest BCUT2D eigenvalue weighted by Crippen LogP contribution is -2.11. The zero-order chi connectivity index (χ0) is 17.6. The molecule has 0 radical (unpaired) electrons. The third kappa shape index (κ3) is 4.25. The lowest BCUT2D eigenvalue weighted by molar-refractivity contribution is 0.0994. The third-order valence-corrected chi connectivity index (χ3v) is 3.81. The van der Waals surface area contributed by atoms with Crippen LogP contribution in [0.2, 0.25) is 5.02 Å². The Bertz CT molecular complexity index is 930. The van der Waals surface area contributed by atoms with E-state index in [9.17, 15) is 9.59 Å². The Labute approximate surface area is 149 Å². The van der Waals surface area contributed by atoms with Crippen LogP contribution in [0.25, 0.3) is 6.08 Å². The molecule has 1 amide bonds. The van der Waals surface area contributed by atoms with Gasteiger partial charge in [0.1, 0.15) is 0 Å². The summed E-state index contributed by atoms with van der Waals surface area (Å²) in [6, 6.07) is 17.2. The molecule has 3 aromatic rings. The molecule has 0 atom stereocenters. The maximum Gasteiger partial charge on any atom is 0.291 e. The van der Waals surface area contributed by atoms with Gasteiger partial charge in [0.2, 0.25) is 0 Å². The van der Waals surface area contributed by atoms with E-state index in [1.807, 2.05) is 18.2 Å². The first-order chi connectivity index (χ1) is 12.1. The fourth-order valence-corrected chi connectivity index (χ4v) is 2.42. The molecule has 0 spiro atoms. The zero-order valence-electron chi connectivity index (χ0n) is 13.1. The molecule has 4 nitrogen and oxygen atoms in total. The first-order valence-corrected chi connectivity index (χ1v) is 7.93. The second-order valence-corrected chi connectivity index (χ2v) is 5.64. The maximum absolute atomic E-state index is 12.3. The number of carbonyl (C=O) groups excluding carboxylic acids is 2. The second-order valence-electron chi connectivity index (χ2n) is 5.23. The van der Waals surface area contributed by atoms with Crippen LogP contribution in [-0.4, -0.2) is 11.7 Å². The Morgan fingerprint density at radius 2 is 1.84 bits per heavy atom. The van der Waals surface area contributed by atoms with Crippen molar-refractivity contribution in [3.8, 4) is 0 Å². The van der Waals surface area contributed by atoms with Gasteiger partial charge in [0.15, 0.2) is 11.5 Å². The molecule has 0 fully saturated rings. The predicted octanol–water partition coefficient (Wildman–Crippen LogP) is 5.08. The summed E-state index contributed by atoms with van der Waals surface area (Å²) in [5.74, 6) is -0.356. The van der Waals surface area contributed by atoms with Gasteiger partial charge in [0.05, 0.1) is 6.26 Å². The summed E-state index contributed by atoms with van der Waals surface area (Å²) in [6.07, 6.45) is 4.54. The fourth-order valence-electron chi connectivity index (χ4n) is 2.22. The van der Waals surface area contributed by atoms with Crippen molar-refractivity contribution in [2.75, 3.05) is 5.32 Å². The predicted molar refractivity (Wildman–Crippen MR) is 97.9 cm³/mol. The highest BCUT2D eigenvalue weighted by Crippen LogP contribution is 2.18. The highest BCUT2D eigenvalue weighted by molar-refractivity contribution is 6.32. The number of nitrogens with one attached hydrogen (secondary N) is 1. The van der Waals surface area contributed by atoms with Gasteiger partial charge in [-0.15, -0.1) is 0 Å². The van der Waals surface area contributed by atoms with Crippen LogP contribution < -0.4 is 5.32 Å². The Morgan fingerprint density at radius 3 is 2.60 bits per heavy atom. The van der Waals surface area contributed by atoms with Crippen molar-refractivity contribution in [2.45, 2.75) is 0 Å². The molecular weight excluding hydrogens is 338 g/mol. The van der Waals surface area contributed by atoms with E-state index < -0.39 is 0 Å². The van der Waals surface area contributed by atoms with Crippen molar-refractivity contribution in [3.05, 3.63) is 94.9 Å². The second kappa shape index (κ2) is 7.64. The Kier molecular flexibility index (Phi) is 5.11. The smallest absolute Gasteiger partial charge is 0.291 e. The minimum Gasteiger partial charge on any atom is -0.459 e. The summed E-state index contributed by atoms with van der Waals surface area (Å²) >= 11 is 6.07. The molecule has 1 N–H and O–H groups in total. The quantitative estimate of drug-likeness (QED) is 0.515. The average Bonchev–Trinajstić information content (AvgIpc) is 3.16. The molecule has 5 heteroatoms. The fraction of sp³-hybridized carbons (Fsp3) is 0. The first kappa shape index (κ1) is 16.7. The number of benzene rings is 2. The van der Waals surface area contributed by atoms with Crippen molar-refractivity contribution < 1.29 is 14.0 Å². The van der Waals surface area contributed by atoms with Gasteiger partial charge in [-0.1, -0.05) is 41.9 Å². The molecule has 0 bridgehead atoms. The maximum atomic E-state index is 12.3. The largest absolute Gasteiger partial charge is 0.459 e. The van der Waals surface area contributed by atoms with Gasteiger partial charge in [0.25, 0.3) is 5.91 Å². The molecular formula is C20H14ClNO3. The number of furan rings is 1. The first-order valence-electron chi connectivity index (χ1n) is 7.55. The number of ketones is 1. The van der Waals surface area contributed by atoms with Gasteiger partial charge in [-0.25, -0.2) is 0 Å². The Hall–Kier alpha value is -3.11. The SMILES string of the molecule is O=C(C=Cc1ccccc1Cl)c1cccc(NC(=O)c2ccco2)c1. The number of halogens is 1. The molecule has 0 saturated carbocycles. The Morgan fingerprint density at radius 1 is 1.00 bits per heavy atom. The van der Waals surface area contributed by atoms with Crippen LogP contribution in [0.4, 0.5) is 5.69 Å². The van der Waals surface area contributed by atoms with Crippen LogP contribution in [0.3, 0.4) is 0 Å². The van der Waals surface area contributed by atoms with E-state index in [0.717, 1.165) is 5.56 Å². The highest BCUT2D eigenvalue weighted by Gasteiger charge is 2.10. The normalized spacial score (nSPS) is 10.8. The summed E-state index contributed by atoms with van der Waals surface area (Å²) in [5.41, 5.74) is 1.73. The van der Waals surface area contributed by atoms with Crippen LogP contribution in [0.5, 0.6) is 0 Å². The van der Waals surface area contributed by atoms with Crippen molar-refractivity contribution in [2.24, 2.45) is 0 Å². The summed E-state index contributed by atoms with van der Waals surface area (Å²) in [6.45, 7) is 0. The number of carbonyl (C=O) groups is 2. The minimum absolute atomic E-state index is 0.186. The van der Waals surface area contributed by atoms with E-state index in [-0.39, 0.29) is 17.5 Å². The number of amides is 1. The Balaban J connectivity index is 1.73. The van der Waals surface area contributed by atoms with Crippen molar-refractivity contribution >= 4 is 35.1 Å². The van der Waals surface area contributed by atoms with E-state index in [1.54, 1.807) is 48.5 Å². The van der Waals surface area contributed by atoms with E-state index >= 15 is 0 Å². The van der Waals surface area contributed by atoms with Crippen LogP contribution in [-0.2, 0) is 0 Å². The van der Waals surface area contributed by atoms with Gasteiger partial charge < -0.3 is 9.73 Å². The van der Waals surface area contributed by atoms with E-state index in [0.29, 0.717) is 16.3 Å². The van der Waals surface area contributed by atoms with Gasteiger partial charge in [-0.05, 0) is 48.0 Å². The van der Waals surface area contributed by atoms with Gasteiger partial charge in [0, 0.05) is 16.3 Å². The monoisotopic (exact) mass is 351 g/mol. The summed E-state index contributed by atoms with van der Waals surface area (Å²) in [5, 5.41) is 3.27. The molecule has 1 heterocycles. The van der Waals surface area contributed by atoms with E-state index in [2.05, 4.69) is 5.32 Å². The molecule has 1 aromatic heterocycles. The van der Waals surface area contributed by atoms with E-state index in [1.165, 1.54) is 12.3 Å². The standard InChI is InChI=1S/C20H14ClNO3/c21-17-8-2-1-5-14(17)10-11-18(23)15-6-3-7-16(13-15)22-20(24)19-9-4-12-25-19/h1-13H,(H,22,24). The van der Waals surface area contributed by atoms with Crippen LogP contribution in [0.15, 0.2) is 77.4 Å². The van der Waals surface area contributed by atoms with Crippen molar-refractivity contribution in [3.63, 3.8) is 0 Å². The molecule has 3 rings (SSSR count). The molecule has 0 unspecified atom stereocenters. The molecule has 0 saturated heterocycles. The van der Waals surface area contributed by atoms with E-state index in [4.69, 9.17) is 16.0 Å². The van der Waals surface area contributed by atoms with Crippen LogP contribution >= 0.6 is 11.6 Å². The lowest BCUT2D eigenvalue weighted by atomic mass is 10.1. The molecule has 25 heavy (non-hydrogen) atoms.